The molecule has 20 rings (SSSR count). The smallest absolute Gasteiger partial charge is 0.410 e. The predicted octanol–water partition coefficient (Wildman–Crippen LogP) is 28.5. The van der Waals surface area contributed by atoms with Gasteiger partial charge in [-0.2, -0.15) is 15.3 Å². The lowest BCUT2D eigenvalue weighted by molar-refractivity contribution is -0.167. The van der Waals surface area contributed by atoms with Crippen molar-refractivity contribution in [2.75, 3.05) is 72.2 Å². The number of hydrogen-bond acceptors (Lipinski definition) is 23. The minimum absolute atomic E-state index is 0.217. The molecule has 9 aromatic carbocycles. The number of benzene rings is 9. The van der Waals surface area contributed by atoms with Gasteiger partial charge in [-0.15, -0.1) is 34.0 Å². The number of carbonyl (C=O) groups excluding carboxylic acids is 4. The molecule has 24 nitrogen and oxygen atoms in total. The highest BCUT2D eigenvalue weighted by Crippen LogP contribution is 2.52. The number of piperidine rings is 2. The summed E-state index contributed by atoms with van der Waals surface area (Å²) in [5, 5.41) is 26.9. The van der Waals surface area contributed by atoms with Crippen LogP contribution in [0.2, 0.25) is 15.1 Å². The van der Waals surface area contributed by atoms with Gasteiger partial charge in [0.2, 0.25) is 0 Å². The van der Waals surface area contributed by atoms with Gasteiger partial charge in [0.25, 0.3) is 0 Å². The van der Waals surface area contributed by atoms with Crippen LogP contribution in [0.1, 0.15) is 261 Å². The second kappa shape index (κ2) is 45.0. The number of hydrogen-bond donors (Lipinski definition) is 1. The number of aromatic nitrogens is 9. The lowest BCUT2D eigenvalue weighted by Crippen LogP contribution is -2.43. The molecule has 4 aliphatic heterocycles. The van der Waals surface area contributed by atoms with E-state index < -0.39 is 58.6 Å². The predicted molar refractivity (Wildman–Crippen MR) is 605 cm³/mol. The van der Waals surface area contributed by atoms with E-state index in [1.807, 2.05) is 238 Å². The molecule has 5 atom stereocenters. The quantitative estimate of drug-likeness (QED) is 0.0462. The third kappa shape index (κ3) is 24.1. The van der Waals surface area contributed by atoms with Gasteiger partial charge in [-0.25, -0.2) is 34.1 Å². The Morgan fingerprint density at radius 1 is 0.389 bits per heavy atom. The maximum atomic E-state index is 13.6. The van der Waals surface area contributed by atoms with Crippen LogP contribution >= 0.6 is 68.8 Å². The minimum atomic E-state index is -0.936. The second-order valence-corrected chi connectivity index (χ2v) is 48.7. The molecule has 4 saturated heterocycles. The number of amides is 1. The summed E-state index contributed by atoms with van der Waals surface area (Å²) in [6, 6.07) is 50.2. The first-order valence-electron chi connectivity index (χ1n) is 52.7. The molecule has 0 unspecified atom stereocenters. The summed E-state index contributed by atoms with van der Waals surface area (Å²) in [5.74, 6) is 0.0402. The molecule has 786 valence electrons. The molecule has 0 spiro atoms. The van der Waals surface area contributed by atoms with Crippen LogP contribution in [-0.4, -0.2) is 190 Å². The Bertz CT molecular complexity index is 7440. The Morgan fingerprint density at radius 3 is 1.01 bits per heavy atom. The van der Waals surface area contributed by atoms with Crippen LogP contribution in [0, 0.1) is 20.8 Å². The number of halogens is 3. The van der Waals surface area contributed by atoms with Crippen LogP contribution in [0.5, 0.6) is 0 Å². The van der Waals surface area contributed by atoms with E-state index in [0.717, 1.165) is 235 Å². The molecule has 10 heterocycles. The highest BCUT2D eigenvalue weighted by Gasteiger charge is 2.42. The highest BCUT2D eigenvalue weighted by atomic mass is 35.5. The maximum absolute atomic E-state index is 13.6. The number of fused-ring (bicyclic) bond motifs is 6. The van der Waals surface area contributed by atoms with E-state index in [-0.39, 0.29) is 25.9 Å². The van der Waals surface area contributed by atoms with E-state index in [2.05, 4.69) is 87.9 Å². The van der Waals surface area contributed by atoms with Gasteiger partial charge in [-0.1, -0.05) is 90.5 Å². The van der Waals surface area contributed by atoms with Gasteiger partial charge in [-0.05, 0) is 351 Å². The number of ether oxygens (including phenoxy) is 7. The minimum Gasteiger partial charge on any atom is -0.464 e. The van der Waals surface area contributed by atoms with Crippen LogP contribution in [0.3, 0.4) is 0 Å². The Labute approximate surface area is 901 Å². The van der Waals surface area contributed by atoms with Crippen LogP contribution in [0.4, 0.5) is 4.79 Å². The Morgan fingerprint density at radius 2 is 0.705 bits per heavy atom. The summed E-state index contributed by atoms with van der Waals surface area (Å²) in [6.45, 7) is 43.4. The van der Waals surface area contributed by atoms with Crippen molar-refractivity contribution >= 4 is 156 Å². The topological polar surface area (TPSA) is 247 Å². The highest BCUT2D eigenvalue weighted by molar-refractivity contribution is 7.23. The fourth-order valence-electron chi connectivity index (χ4n) is 22.2. The van der Waals surface area contributed by atoms with Crippen LogP contribution in [0.25, 0.3) is 128 Å². The van der Waals surface area contributed by atoms with E-state index in [1.165, 1.54) is 60.7 Å². The standard InChI is InChI=1S/C44H54ClN5O5S.C39H46ClN5O3S.C36H40ClN3O3S/c1-10-53-41(51)38(54-43(3,4)5)35-26(2)23-33-39(36(35)27-11-14-30(45)15-12-27)56-40(46-33)29-13-16-34-32(24-29)37(47-48(34)9)28-17-20-49(21-18-28)31-19-22-50(25-31)42(52)55-44(6,7)8;1-7-47-38(46)35(48-39(3,4)5)32-23(2)20-30-36(33(32)24-8-11-27(40)12-9-24)49-37(42-30)26-10-13-31-29(21-26)34(43-44(31)6)25-15-18-45(19-16-25)28-14-17-41-22-28;1-7-42-35(41)32(43-36(3,4)5)29-21(2)19-27-33(30(29)22-13-16-25(37)17-14-22)44-34(38-27)24-15-18-28-26(20-24)31(39-40(28)6)23-11-9-8-10-12-23/h11-16,23-24,28,31,38H,10,17-22,25H2,1-9H3;8-13,20-21,25,28,35,41H,7,14-19,22H2,1-6H3;13-20,23,32H,7-12H2,1-6H3/t31-,38+;28-,35+;32-/m110/s1. The average molecular weight is 2130 g/mol. The molecule has 30 heteroatoms. The van der Waals surface area contributed by atoms with E-state index in [1.54, 1.807) is 34.0 Å². The monoisotopic (exact) mass is 2130 g/mol. The Kier molecular flexibility index (Phi) is 32.6. The third-order valence-electron chi connectivity index (χ3n) is 29.0. The second-order valence-electron chi connectivity index (χ2n) is 44.3. The molecule has 1 amide bonds. The number of thiazole rings is 3. The molecule has 5 aliphatic rings. The summed E-state index contributed by atoms with van der Waals surface area (Å²) in [6.07, 6.45) is 9.74. The fraction of sp³-hybridized carbons (Fsp3) is 0.462. The molecule has 0 bridgehead atoms. The van der Waals surface area contributed by atoms with Gasteiger partial charge in [0.15, 0.2) is 18.3 Å². The van der Waals surface area contributed by atoms with E-state index in [4.69, 9.17) is 98.2 Å². The largest absolute Gasteiger partial charge is 0.464 e. The van der Waals surface area contributed by atoms with Crippen molar-refractivity contribution in [1.82, 2.24) is 64.3 Å². The molecular weight excluding hydrogens is 1990 g/mol. The van der Waals surface area contributed by atoms with Crippen molar-refractivity contribution in [3.63, 3.8) is 0 Å². The van der Waals surface area contributed by atoms with E-state index in [9.17, 15) is 19.2 Å². The van der Waals surface area contributed by atoms with Crippen LogP contribution in [-0.2, 0) is 68.7 Å². The van der Waals surface area contributed by atoms with Crippen molar-refractivity contribution in [3.05, 3.63) is 211 Å². The first-order chi connectivity index (χ1) is 71.0. The number of nitrogens with one attached hydrogen (secondary N) is 1. The van der Waals surface area contributed by atoms with Crippen molar-refractivity contribution in [3.8, 4) is 65.1 Å². The normalized spacial score (nSPS) is 17.3. The molecule has 6 aromatic heterocycles. The van der Waals surface area contributed by atoms with Crippen molar-refractivity contribution in [2.45, 2.75) is 266 Å². The summed E-state index contributed by atoms with van der Waals surface area (Å²) in [4.78, 5) is 76.0. The Hall–Kier alpha value is -10.6. The molecule has 149 heavy (non-hydrogen) atoms. The number of likely N-dealkylation sites (tertiary alicyclic amines) is 3. The molecule has 15 aromatic rings. The lowest BCUT2D eigenvalue weighted by Gasteiger charge is -2.35. The number of carbonyl (C=O) groups is 4. The molecule has 1 saturated carbocycles. The summed E-state index contributed by atoms with van der Waals surface area (Å²) in [7, 11) is 6.10. The molecule has 1 aliphatic carbocycles. The number of rotatable bonds is 23. The molecule has 0 radical (unpaired) electrons. The summed E-state index contributed by atoms with van der Waals surface area (Å²) < 4.78 is 50.7. The van der Waals surface area contributed by atoms with Gasteiger partial charge < -0.3 is 43.4 Å². The average Bonchev–Trinajstić information content (AvgIpc) is 1.63. The van der Waals surface area contributed by atoms with Crippen molar-refractivity contribution < 1.29 is 52.3 Å². The van der Waals surface area contributed by atoms with Crippen molar-refractivity contribution in [2.24, 2.45) is 21.1 Å². The van der Waals surface area contributed by atoms with Crippen LogP contribution in [0.15, 0.2) is 146 Å². The summed E-state index contributed by atoms with van der Waals surface area (Å²) in [5.41, 5.74) is 21.1. The van der Waals surface area contributed by atoms with Gasteiger partial charge in [-0.3, -0.25) is 23.8 Å². The van der Waals surface area contributed by atoms with Gasteiger partial charge in [0.1, 0.15) is 20.6 Å². The number of aryl methyl sites for hydroxylation is 6. The fourth-order valence-corrected chi connectivity index (χ4v) is 26.0. The number of nitrogens with zero attached hydrogens (tertiary/aromatic N) is 12. The third-order valence-corrected chi connectivity index (χ3v) is 33.1. The van der Waals surface area contributed by atoms with E-state index >= 15 is 0 Å². The zero-order chi connectivity index (χ0) is 106. The molecule has 5 fully saturated rings. The summed E-state index contributed by atoms with van der Waals surface area (Å²) >= 11 is 23.9. The van der Waals surface area contributed by atoms with Crippen LogP contribution < -0.4 is 5.32 Å². The van der Waals surface area contributed by atoms with Gasteiger partial charge in [0.05, 0.1) is 101 Å². The first kappa shape index (κ1) is 108. The molecular formula is C119H140Cl3N13O11S3. The van der Waals surface area contributed by atoms with Gasteiger partial charge >= 0.3 is 24.0 Å². The zero-order valence-electron chi connectivity index (χ0n) is 89.7. The molecule has 1 N–H and O–H groups in total. The lowest BCUT2D eigenvalue weighted by atomic mass is 9.86. The van der Waals surface area contributed by atoms with Gasteiger partial charge in [0, 0.05) is 152 Å². The maximum Gasteiger partial charge on any atom is 0.410 e. The first-order valence-corrected chi connectivity index (χ1v) is 56.3. The zero-order valence-corrected chi connectivity index (χ0v) is 94.5. The van der Waals surface area contributed by atoms with E-state index in [0.29, 0.717) is 51.5 Å². The van der Waals surface area contributed by atoms with Crippen molar-refractivity contribution in [1.29, 1.82) is 0 Å². The SMILES string of the molecule is CCOC(=O)[C@@H](OC(C)(C)C)c1c(C)cc2nc(-c3ccc4c(c3)c(C3CCCCC3)nn4C)sc2c1-c1ccc(Cl)cc1.CCOC(=O)[C@@H](OC(C)(C)C)c1c(C)cc2nc(-c3ccc4c(c3)c(C3CCN([C@@H]5CCN(C(=O)OC(C)(C)C)C5)CC3)nn4C)sc2c1-c1ccc(Cl)cc1.CCOC(=O)[C@@H](OC(C)(C)C)c1c(C)cc2nc(-c3ccc4c(c3)c(C3CCN([C@@H]5CCNC5)CC3)nn4C)sc2c1-c1ccc(Cl)cc1. The Balaban J connectivity index is 0.000000147. The number of esters is 3.